The Labute approximate surface area is 171 Å². The van der Waals surface area contributed by atoms with Crippen molar-refractivity contribution in [1.82, 2.24) is 9.97 Å². The van der Waals surface area contributed by atoms with Crippen LogP contribution in [0.15, 0.2) is 21.4 Å². The summed E-state index contributed by atoms with van der Waals surface area (Å²) in [5, 5.41) is 4.93. The van der Waals surface area contributed by atoms with Gasteiger partial charge in [-0.3, -0.25) is 10.6 Å². The minimum atomic E-state index is -2.69. The largest absolute Gasteiger partial charge is 0.447 e. The summed E-state index contributed by atoms with van der Waals surface area (Å²) in [6, 6.07) is -0.619. The normalized spacial score (nSPS) is 12.2. The summed E-state index contributed by atoms with van der Waals surface area (Å²) in [6.45, 7) is 1.76. The van der Waals surface area contributed by atoms with E-state index < -0.39 is 17.9 Å². The smallest absolute Gasteiger partial charge is 0.326 e. The van der Waals surface area contributed by atoms with Crippen molar-refractivity contribution in [2.24, 2.45) is 0 Å². The van der Waals surface area contributed by atoms with E-state index >= 15 is 0 Å². The Balaban J connectivity index is 1.69. The third-order valence-corrected chi connectivity index (χ3v) is 4.10. The van der Waals surface area contributed by atoms with Crippen molar-refractivity contribution < 1.29 is 31.2 Å². The number of hydrogen-bond acceptors (Lipinski definition) is 5. The number of urea groups is 1. The lowest BCUT2D eigenvalue weighted by molar-refractivity contribution is 0.00967. The summed E-state index contributed by atoms with van der Waals surface area (Å²) < 4.78 is 61.5. The number of hydrogen-bond donors (Lipinski definition) is 2. The number of unbranched alkanes of at least 4 members (excludes halogenated alkanes) is 2. The van der Waals surface area contributed by atoms with Crippen LogP contribution in [0.1, 0.15) is 64.2 Å². The highest BCUT2D eigenvalue weighted by Crippen LogP contribution is 2.22. The third-order valence-electron chi connectivity index (χ3n) is 4.10. The summed E-state index contributed by atoms with van der Waals surface area (Å²) >= 11 is 0. The molecule has 0 saturated heterocycles. The molecule has 11 heteroatoms. The molecule has 0 spiro atoms. The van der Waals surface area contributed by atoms with E-state index in [1.165, 1.54) is 12.5 Å². The van der Waals surface area contributed by atoms with Gasteiger partial charge in [0.15, 0.2) is 23.4 Å². The van der Waals surface area contributed by atoms with E-state index in [0.29, 0.717) is 50.3 Å². The molecule has 0 aliphatic heterocycles. The second-order valence-corrected chi connectivity index (χ2v) is 7.39. The molecule has 0 saturated carbocycles. The van der Waals surface area contributed by atoms with E-state index in [-0.39, 0.29) is 24.5 Å². The van der Waals surface area contributed by atoms with Crippen LogP contribution in [0.3, 0.4) is 0 Å². The molecule has 2 amide bonds. The topological polar surface area (TPSA) is 93.2 Å². The average molecular weight is 434 g/mol. The molecule has 0 aromatic carbocycles. The minimum Gasteiger partial charge on any atom is -0.447 e. The van der Waals surface area contributed by atoms with E-state index in [9.17, 15) is 22.4 Å². The maximum absolute atomic E-state index is 12.8. The fourth-order valence-corrected chi connectivity index (χ4v) is 2.65. The van der Waals surface area contributed by atoms with Gasteiger partial charge in [0, 0.05) is 25.7 Å². The maximum Gasteiger partial charge on any atom is 0.326 e. The molecule has 2 aromatic heterocycles. The zero-order valence-electron chi connectivity index (χ0n) is 16.9. The van der Waals surface area contributed by atoms with Crippen LogP contribution in [-0.2, 0) is 12.8 Å². The average Bonchev–Trinajstić information content (AvgIpc) is 3.23. The first-order chi connectivity index (χ1) is 14.0. The predicted molar refractivity (Wildman–Crippen MR) is 102 cm³/mol. The third kappa shape index (κ3) is 9.75. The Morgan fingerprint density at radius 3 is 1.60 bits per heavy atom. The number of amides is 2. The Bertz CT molecular complexity index is 732. The number of aromatic nitrogens is 2. The van der Waals surface area contributed by atoms with Crippen LogP contribution >= 0.6 is 0 Å². The zero-order chi connectivity index (χ0) is 22.2. The van der Waals surface area contributed by atoms with Crippen molar-refractivity contribution in [1.29, 1.82) is 0 Å². The molecular weight excluding hydrogens is 408 g/mol. The number of halogens is 4. The van der Waals surface area contributed by atoms with Gasteiger partial charge in [0.25, 0.3) is 0 Å². The fourth-order valence-electron chi connectivity index (χ4n) is 2.65. The maximum atomic E-state index is 12.8. The predicted octanol–water partition coefficient (Wildman–Crippen LogP) is 6.04. The number of nitrogens with one attached hydrogen (secondary N) is 2. The van der Waals surface area contributed by atoms with Crippen LogP contribution in [0.25, 0.3) is 0 Å². The number of carbonyl (C=O) groups excluding carboxylic acids is 1. The number of anilines is 2. The van der Waals surface area contributed by atoms with Gasteiger partial charge in [-0.2, -0.15) is 9.97 Å². The van der Waals surface area contributed by atoms with E-state index in [0.717, 1.165) is 13.8 Å². The summed E-state index contributed by atoms with van der Waals surface area (Å²) in [7, 11) is 0. The van der Waals surface area contributed by atoms with E-state index in [4.69, 9.17) is 8.83 Å². The lowest BCUT2D eigenvalue weighted by atomic mass is 10.1. The first kappa shape index (κ1) is 23.7. The molecule has 0 aliphatic carbocycles. The van der Waals surface area contributed by atoms with Crippen molar-refractivity contribution in [3.63, 3.8) is 0 Å². The number of nitrogens with zero attached hydrogens (tertiary/aromatic N) is 2. The highest BCUT2D eigenvalue weighted by atomic mass is 19.3. The molecule has 0 unspecified atom stereocenters. The van der Waals surface area contributed by atoms with Gasteiger partial charge in [0.2, 0.25) is 11.8 Å². The van der Waals surface area contributed by atoms with Crippen LogP contribution in [0, 0.1) is 0 Å². The Morgan fingerprint density at radius 2 is 1.23 bits per heavy atom. The summed E-state index contributed by atoms with van der Waals surface area (Å²) in [4.78, 5) is 20.1. The molecule has 2 rings (SSSR count). The van der Waals surface area contributed by atoms with Gasteiger partial charge in [0.1, 0.15) is 12.5 Å². The first-order valence-corrected chi connectivity index (χ1v) is 9.73. The molecule has 0 atom stereocenters. The van der Waals surface area contributed by atoms with Gasteiger partial charge in [-0.15, -0.1) is 0 Å². The van der Waals surface area contributed by atoms with E-state index in [1.807, 2.05) is 0 Å². The molecule has 0 bridgehead atoms. The van der Waals surface area contributed by atoms with Crippen molar-refractivity contribution in [2.45, 2.75) is 77.1 Å². The monoisotopic (exact) mass is 434 g/mol. The molecular formula is C19H26F4N4O3. The number of oxazole rings is 2. The number of rotatable bonds is 12. The minimum absolute atomic E-state index is 0.174. The van der Waals surface area contributed by atoms with Gasteiger partial charge >= 0.3 is 6.03 Å². The Hall–Kier alpha value is -2.59. The van der Waals surface area contributed by atoms with Crippen molar-refractivity contribution in [3.8, 4) is 0 Å². The fraction of sp³-hybridized carbons (Fsp3) is 0.632. The van der Waals surface area contributed by atoms with Crippen molar-refractivity contribution in [3.05, 3.63) is 24.3 Å². The van der Waals surface area contributed by atoms with Crippen LogP contribution < -0.4 is 10.6 Å². The quantitative estimate of drug-likeness (QED) is 0.314. The van der Waals surface area contributed by atoms with Gasteiger partial charge in [-0.05, 0) is 39.5 Å². The lowest BCUT2D eigenvalue weighted by Crippen LogP contribution is -2.19. The number of aryl methyl sites for hydroxylation is 2. The van der Waals surface area contributed by atoms with Crippen LogP contribution in [0.2, 0.25) is 0 Å². The van der Waals surface area contributed by atoms with Gasteiger partial charge in [-0.25, -0.2) is 22.4 Å². The van der Waals surface area contributed by atoms with E-state index in [1.54, 1.807) is 0 Å². The molecule has 7 nitrogen and oxygen atoms in total. The molecule has 168 valence electrons. The van der Waals surface area contributed by atoms with E-state index in [2.05, 4.69) is 20.6 Å². The molecule has 0 aliphatic rings. The van der Waals surface area contributed by atoms with Crippen LogP contribution in [-0.4, -0.2) is 27.8 Å². The van der Waals surface area contributed by atoms with Gasteiger partial charge in [0.05, 0.1) is 0 Å². The van der Waals surface area contributed by atoms with Crippen molar-refractivity contribution >= 4 is 17.7 Å². The van der Waals surface area contributed by atoms with Gasteiger partial charge < -0.3 is 8.83 Å². The number of alkyl halides is 4. The molecule has 2 N–H and O–H groups in total. The molecule has 2 aromatic rings. The highest BCUT2D eigenvalue weighted by molar-refractivity contribution is 5.98. The van der Waals surface area contributed by atoms with Crippen LogP contribution in [0.4, 0.5) is 34.0 Å². The SMILES string of the molecule is CC(F)(F)CCCCc1nc(NC(=O)Nc2coc(CCCCC(C)(F)F)n2)co1. The molecule has 2 heterocycles. The zero-order valence-corrected chi connectivity index (χ0v) is 16.9. The summed E-state index contributed by atoms with van der Waals surface area (Å²) in [5.41, 5.74) is 0. The Morgan fingerprint density at radius 1 is 0.833 bits per heavy atom. The Kier molecular flexibility index (Phi) is 8.24. The second kappa shape index (κ2) is 10.4. The van der Waals surface area contributed by atoms with Crippen molar-refractivity contribution in [2.75, 3.05) is 10.6 Å². The molecule has 0 radical (unpaired) electrons. The van der Waals surface area contributed by atoms with Gasteiger partial charge in [-0.1, -0.05) is 0 Å². The lowest BCUT2D eigenvalue weighted by Gasteiger charge is -2.08. The molecule has 30 heavy (non-hydrogen) atoms. The standard InChI is InChI=1S/C19H26F4N4O3/c1-18(20,21)9-5-3-7-15-24-13(11-29-15)26-17(28)27-14-12-30-16(25-14)8-4-6-10-19(2,22)23/h11-12H,3-10H2,1-2H3,(H2,26,27,28). The van der Waals surface area contributed by atoms with Crippen LogP contribution in [0.5, 0.6) is 0 Å². The first-order valence-electron chi connectivity index (χ1n) is 9.73. The summed E-state index contributed by atoms with van der Waals surface area (Å²) in [5.74, 6) is -4.35. The number of carbonyl (C=O) groups is 1. The second-order valence-electron chi connectivity index (χ2n) is 7.39. The summed E-state index contributed by atoms with van der Waals surface area (Å²) in [6.07, 6.45) is 4.53. The molecule has 0 fully saturated rings. The highest BCUT2D eigenvalue weighted by Gasteiger charge is 2.20.